The summed E-state index contributed by atoms with van der Waals surface area (Å²) >= 11 is 0. The SMILES string of the molecule is C=C(O)c1cc2ccccc2[nH]1. The van der Waals surface area contributed by atoms with E-state index in [0.717, 1.165) is 10.9 Å². The van der Waals surface area contributed by atoms with E-state index >= 15 is 0 Å². The highest BCUT2D eigenvalue weighted by Gasteiger charge is 2.00. The fraction of sp³-hybridized carbons (Fsp3) is 0. The van der Waals surface area contributed by atoms with Gasteiger partial charge in [-0.2, -0.15) is 0 Å². The van der Waals surface area contributed by atoms with Crippen molar-refractivity contribution in [2.75, 3.05) is 0 Å². The summed E-state index contributed by atoms with van der Waals surface area (Å²) in [7, 11) is 0. The highest BCUT2D eigenvalue weighted by Crippen LogP contribution is 2.17. The van der Waals surface area contributed by atoms with Crippen molar-refractivity contribution in [2.24, 2.45) is 0 Å². The van der Waals surface area contributed by atoms with Crippen LogP contribution in [-0.2, 0) is 0 Å². The van der Waals surface area contributed by atoms with Gasteiger partial charge in [-0.15, -0.1) is 0 Å². The minimum atomic E-state index is 0.0752. The second kappa shape index (κ2) is 2.41. The molecule has 1 aromatic heterocycles. The fourth-order valence-electron chi connectivity index (χ4n) is 1.23. The monoisotopic (exact) mass is 159 g/mol. The van der Waals surface area contributed by atoms with E-state index < -0.39 is 0 Å². The van der Waals surface area contributed by atoms with Crippen molar-refractivity contribution in [2.45, 2.75) is 0 Å². The summed E-state index contributed by atoms with van der Waals surface area (Å²) in [6.45, 7) is 3.44. The summed E-state index contributed by atoms with van der Waals surface area (Å²) < 4.78 is 0. The minimum Gasteiger partial charge on any atom is -0.506 e. The maximum absolute atomic E-state index is 9.10. The Kier molecular flexibility index (Phi) is 1.40. The molecule has 12 heavy (non-hydrogen) atoms. The Morgan fingerprint density at radius 3 is 2.75 bits per heavy atom. The molecular weight excluding hydrogens is 150 g/mol. The van der Waals surface area contributed by atoms with Gasteiger partial charge < -0.3 is 10.1 Å². The summed E-state index contributed by atoms with van der Waals surface area (Å²) in [6.07, 6.45) is 0. The molecule has 0 bridgehead atoms. The van der Waals surface area contributed by atoms with Gasteiger partial charge in [-0.1, -0.05) is 24.8 Å². The maximum atomic E-state index is 9.10. The first kappa shape index (κ1) is 6.98. The van der Waals surface area contributed by atoms with Gasteiger partial charge in [0.2, 0.25) is 0 Å². The fourth-order valence-corrected chi connectivity index (χ4v) is 1.23. The molecule has 0 amide bonds. The van der Waals surface area contributed by atoms with Gasteiger partial charge in [0.25, 0.3) is 0 Å². The van der Waals surface area contributed by atoms with Gasteiger partial charge in [0.05, 0.1) is 5.69 Å². The molecular formula is C10H9NO. The van der Waals surface area contributed by atoms with Crippen LogP contribution >= 0.6 is 0 Å². The van der Waals surface area contributed by atoms with Crippen LogP contribution in [0.4, 0.5) is 0 Å². The second-order valence-corrected chi connectivity index (χ2v) is 2.72. The van der Waals surface area contributed by atoms with Crippen LogP contribution in [-0.4, -0.2) is 10.1 Å². The molecule has 0 saturated heterocycles. The summed E-state index contributed by atoms with van der Waals surface area (Å²) in [5.41, 5.74) is 1.69. The molecule has 0 radical (unpaired) electrons. The third-order valence-corrected chi connectivity index (χ3v) is 1.84. The molecule has 0 unspecified atom stereocenters. The lowest BCUT2D eigenvalue weighted by atomic mass is 10.2. The van der Waals surface area contributed by atoms with Crippen molar-refractivity contribution in [3.8, 4) is 0 Å². The largest absolute Gasteiger partial charge is 0.506 e. The lowest BCUT2D eigenvalue weighted by molar-refractivity contribution is 0.511. The number of aromatic amines is 1. The van der Waals surface area contributed by atoms with Gasteiger partial charge in [-0.25, -0.2) is 0 Å². The summed E-state index contributed by atoms with van der Waals surface area (Å²) in [5.74, 6) is 0.0752. The van der Waals surface area contributed by atoms with E-state index in [4.69, 9.17) is 5.11 Å². The number of H-pyrrole nitrogens is 1. The van der Waals surface area contributed by atoms with Crippen molar-refractivity contribution < 1.29 is 5.11 Å². The highest BCUT2D eigenvalue weighted by molar-refractivity contribution is 5.83. The first-order valence-electron chi connectivity index (χ1n) is 3.73. The van der Waals surface area contributed by atoms with Crippen molar-refractivity contribution in [3.63, 3.8) is 0 Å². The zero-order valence-electron chi connectivity index (χ0n) is 6.54. The van der Waals surface area contributed by atoms with Crippen LogP contribution in [0.25, 0.3) is 16.7 Å². The van der Waals surface area contributed by atoms with E-state index in [2.05, 4.69) is 11.6 Å². The van der Waals surface area contributed by atoms with Crippen molar-refractivity contribution in [3.05, 3.63) is 42.6 Å². The molecule has 0 atom stereocenters. The number of aliphatic hydroxyl groups excluding tert-OH is 1. The average molecular weight is 159 g/mol. The molecule has 0 aliphatic rings. The summed E-state index contributed by atoms with van der Waals surface area (Å²) in [4.78, 5) is 3.05. The standard InChI is InChI=1S/C10H9NO/c1-7(12)10-6-8-4-2-3-5-9(8)11-10/h2-6,11-12H,1H2. The third-order valence-electron chi connectivity index (χ3n) is 1.84. The number of hydrogen-bond donors (Lipinski definition) is 2. The Morgan fingerprint density at radius 2 is 2.08 bits per heavy atom. The normalized spacial score (nSPS) is 10.3. The van der Waals surface area contributed by atoms with Crippen molar-refractivity contribution in [1.29, 1.82) is 0 Å². The molecule has 0 fully saturated rings. The first-order valence-corrected chi connectivity index (χ1v) is 3.73. The molecule has 0 saturated carbocycles. The zero-order chi connectivity index (χ0) is 8.55. The van der Waals surface area contributed by atoms with Crippen LogP contribution in [0.5, 0.6) is 0 Å². The van der Waals surface area contributed by atoms with Crippen molar-refractivity contribution in [1.82, 2.24) is 4.98 Å². The number of fused-ring (bicyclic) bond motifs is 1. The average Bonchev–Trinajstić information content (AvgIpc) is 2.46. The number of para-hydroxylation sites is 1. The third kappa shape index (κ3) is 0.975. The molecule has 1 heterocycles. The van der Waals surface area contributed by atoms with Gasteiger partial charge in [0, 0.05) is 10.9 Å². The molecule has 2 heteroatoms. The van der Waals surface area contributed by atoms with Crippen molar-refractivity contribution >= 4 is 16.7 Å². The number of hydrogen-bond acceptors (Lipinski definition) is 1. The van der Waals surface area contributed by atoms with Crippen LogP contribution < -0.4 is 0 Å². The first-order chi connectivity index (χ1) is 5.77. The van der Waals surface area contributed by atoms with E-state index in [1.54, 1.807) is 0 Å². The van der Waals surface area contributed by atoms with Crippen LogP contribution in [0.3, 0.4) is 0 Å². The zero-order valence-corrected chi connectivity index (χ0v) is 6.54. The second-order valence-electron chi connectivity index (χ2n) is 2.72. The molecule has 0 spiro atoms. The Labute approximate surface area is 70.2 Å². The molecule has 1 aromatic carbocycles. The molecule has 2 N–H and O–H groups in total. The van der Waals surface area contributed by atoms with Gasteiger partial charge >= 0.3 is 0 Å². The van der Waals surface area contributed by atoms with Crippen LogP contribution in [0.2, 0.25) is 0 Å². The van der Waals surface area contributed by atoms with E-state index in [-0.39, 0.29) is 5.76 Å². The topological polar surface area (TPSA) is 36.0 Å². The predicted octanol–water partition coefficient (Wildman–Crippen LogP) is 2.70. The summed E-state index contributed by atoms with van der Waals surface area (Å²) in [5, 5.41) is 10.2. The van der Waals surface area contributed by atoms with Gasteiger partial charge in [-0.3, -0.25) is 0 Å². The summed E-state index contributed by atoms with van der Waals surface area (Å²) in [6, 6.07) is 9.72. The number of aliphatic hydroxyl groups is 1. The molecule has 0 aliphatic carbocycles. The Morgan fingerprint density at radius 1 is 1.33 bits per heavy atom. The van der Waals surface area contributed by atoms with E-state index in [0.29, 0.717) is 5.69 Å². The molecule has 2 aromatic rings. The van der Waals surface area contributed by atoms with Crippen LogP contribution in [0.15, 0.2) is 36.9 Å². The Bertz CT molecular complexity index is 395. The van der Waals surface area contributed by atoms with Gasteiger partial charge in [-0.05, 0) is 12.1 Å². The smallest absolute Gasteiger partial charge is 0.131 e. The molecule has 2 nitrogen and oxygen atoms in total. The molecule has 0 aliphatic heterocycles. The number of benzene rings is 1. The van der Waals surface area contributed by atoms with E-state index in [1.807, 2.05) is 30.3 Å². The number of nitrogens with one attached hydrogen (secondary N) is 1. The number of aromatic nitrogens is 1. The van der Waals surface area contributed by atoms with Gasteiger partial charge in [0.1, 0.15) is 5.76 Å². The number of rotatable bonds is 1. The predicted molar refractivity (Wildman–Crippen MR) is 50.0 cm³/mol. The van der Waals surface area contributed by atoms with E-state index in [9.17, 15) is 0 Å². The van der Waals surface area contributed by atoms with Crippen LogP contribution in [0.1, 0.15) is 5.69 Å². The van der Waals surface area contributed by atoms with E-state index in [1.165, 1.54) is 0 Å². The quantitative estimate of drug-likeness (QED) is 0.616. The highest BCUT2D eigenvalue weighted by atomic mass is 16.3. The molecule has 2 rings (SSSR count). The maximum Gasteiger partial charge on any atom is 0.131 e. The minimum absolute atomic E-state index is 0.0752. The Balaban J connectivity index is 2.70. The molecule has 60 valence electrons. The lowest BCUT2D eigenvalue weighted by Crippen LogP contribution is -1.77. The van der Waals surface area contributed by atoms with Crippen LogP contribution in [0, 0.1) is 0 Å². The Hall–Kier alpha value is -1.70. The lowest BCUT2D eigenvalue weighted by Gasteiger charge is -1.88. The van der Waals surface area contributed by atoms with Gasteiger partial charge in [0.15, 0.2) is 0 Å².